The third-order valence-corrected chi connectivity index (χ3v) is 1.84. The maximum atomic E-state index is 11.4. The van der Waals surface area contributed by atoms with E-state index in [1.807, 2.05) is 0 Å². The Labute approximate surface area is 73.8 Å². The number of rotatable bonds is 0. The summed E-state index contributed by atoms with van der Waals surface area (Å²) in [6.07, 6.45) is 1.55. The minimum Gasteiger partial charge on any atom is -0.509 e. The van der Waals surface area contributed by atoms with Crippen molar-refractivity contribution in [3.05, 3.63) is 40.2 Å². The lowest BCUT2D eigenvalue weighted by atomic mass is 10.4. The summed E-state index contributed by atoms with van der Waals surface area (Å²) in [5.74, 6) is 0.0447. The Hall–Kier alpha value is -1.84. The molecular formula is C9H8N2O2. The molecule has 0 unspecified atom stereocenters. The standard InChI is InChI=1S/C9H8N2O2/c1-6(12)9-10-5-7-3-2-4-8(13)11(7)9/h2-5,12H,1H3/b9-6-. The predicted molar refractivity (Wildman–Crippen MR) is 48.4 cm³/mol. The van der Waals surface area contributed by atoms with Crippen LogP contribution in [-0.4, -0.2) is 14.5 Å². The summed E-state index contributed by atoms with van der Waals surface area (Å²) >= 11 is 0. The van der Waals surface area contributed by atoms with E-state index in [-0.39, 0.29) is 11.3 Å². The van der Waals surface area contributed by atoms with Gasteiger partial charge < -0.3 is 5.11 Å². The number of hydrogen-bond acceptors (Lipinski definition) is 3. The molecule has 0 aliphatic heterocycles. The van der Waals surface area contributed by atoms with Gasteiger partial charge in [-0.15, -0.1) is 0 Å². The van der Waals surface area contributed by atoms with Crippen molar-refractivity contribution in [3.63, 3.8) is 0 Å². The zero-order chi connectivity index (χ0) is 9.42. The molecule has 0 aliphatic rings. The molecule has 0 radical (unpaired) electrons. The van der Waals surface area contributed by atoms with Gasteiger partial charge in [0, 0.05) is 6.07 Å². The molecule has 66 valence electrons. The number of aliphatic hydroxyl groups is 1. The topological polar surface area (TPSA) is 54.6 Å². The largest absolute Gasteiger partial charge is 0.509 e. The molecule has 0 aromatic carbocycles. The first kappa shape index (κ1) is 7.79. The quantitative estimate of drug-likeness (QED) is 0.619. The molecule has 0 fully saturated rings. The average molecular weight is 176 g/mol. The Kier molecular flexibility index (Phi) is 1.55. The second-order valence-electron chi connectivity index (χ2n) is 2.79. The molecule has 2 aromatic heterocycles. The maximum Gasteiger partial charge on any atom is 0.256 e. The van der Waals surface area contributed by atoms with Crippen molar-refractivity contribution < 1.29 is 5.11 Å². The minimum absolute atomic E-state index is 0.0447. The average Bonchev–Trinajstić information content (AvgIpc) is 2.49. The Morgan fingerprint density at radius 2 is 2.31 bits per heavy atom. The lowest BCUT2D eigenvalue weighted by molar-refractivity contribution is 0.493. The van der Waals surface area contributed by atoms with Gasteiger partial charge in [0.25, 0.3) is 5.56 Å². The molecule has 4 nitrogen and oxygen atoms in total. The van der Waals surface area contributed by atoms with Gasteiger partial charge in [0.05, 0.1) is 11.7 Å². The van der Waals surface area contributed by atoms with Crippen molar-refractivity contribution in [1.82, 2.24) is 9.38 Å². The van der Waals surface area contributed by atoms with Crippen molar-refractivity contribution in [2.75, 3.05) is 0 Å². The van der Waals surface area contributed by atoms with Crippen LogP contribution in [0.5, 0.6) is 0 Å². The zero-order valence-electron chi connectivity index (χ0n) is 7.06. The van der Waals surface area contributed by atoms with Gasteiger partial charge in [0.1, 0.15) is 5.76 Å². The first-order valence-electron chi connectivity index (χ1n) is 3.86. The van der Waals surface area contributed by atoms with E-state index in [1.54, 1.807) is 18.3 Å². The van der Waals surface area contributed by atoms with Crippen LogP contribution in [0, 0.1) is 0 Å². The lowest BCUT2D eigenvalue weighted by Crippen LogP contribution is -2.25. The number of imidazole rings is 1. The summed E-state index contributed by atoms with van der Waals surface area (Å²) in [7, 11) is 0. The maximum absolute atomic E-state index is 11.4. The van der Waals surface area contributed by atoms with Crippen LogP contribution in [0.2, 0.25) is 0 Å². The van der Waals surface area contributed by atoms with Crippen molar-refractivity contribution >= 4 is 11.3 Å². The van der Waals surface area contributed by atoms with Crippen LogP contribution < -0.4 is 11.0 Å². The second-order valence-corrected chi connectivity index (χ2v) is 2.79. The van der Waals surface area contributed by atoms with Gasteiger partial charge in [-0.2, -0.15) is 0 Å². The van der Waals surface area contributed by atoms with E-state index >= 15 is 0 Å². The molecule has 2 rings (SSSR count). The Balaban J connectivity index is 3.14. The summed E-state index contributed by atoms with van der Waals surface area (Å²) in [5, 5.41) is 9.23. The van der Waals surface area contributed by atoms with E-state index in [4.69, 9.17) is 0 Å². The monoisotopic (exact) mass is 176 g/mol. The summed E-state index contributed by atoms with van der Waals surface area (Å²) in [6, 6.07) is 4.86. The highest BCUT2D eigenvalue weighted by Crippen LogP contribution is 1.93. The molecular weight excluding hydrogens is 168 g/mol. The number of hydrogen-bond donors (Lipinski definition) is 1. The number of nitrogens with zero attached hydrogens (tertiary/aromatic N) is 2. The summed E-state index contributed by atoms with van der Waals surface area (Å²) in [6.45, 7) is 1.50. The van der Waals surface area contributed by atoms with E-state index in [0.717, 1.165) is 0 Å². The molecule has 2 aromatic rings. The summed E-state index contributed by atoms with van der Waals surface area (Å²) in [5.41, 5.74) is 0.815. The first-order chi connectivity index (χ1) is 6.20. The van der Waals surface area contributed by atoms with Gasteiger partial charge in [-0.25, -0.2) is 4.98 Å². The minimum atomic E-state index is -0.182. The Morgan fingerprint density at radius 1 is 1.54 bits per heavy atom. The van der Waals surface area contributed by atoms with Crippen LogP contribution in [0.4, 0.5) is 0 Å². The number of pyridine rings is 1. The van der Waals surface area contributed by atoms with Gasteiger partial charge in [-0.3, -0.25) is 9.20 Å². The molecule has 13 heavy (non-hydrogen) atoms. The van der Waals surface area contributed by atoms with E-state index in [2.05, 4.69) is 4.98 Å². The fourth-order valence-corrected chi connectivity index (χ4v) is 1.27. The molecule has 4 heteroatoms. The van der Waals surface area contributed by atoms with Crippen LogP contribution in [0.15, 0.2) is 29.2 Å². The normalized spacial score (nSPS) is 13.3. The summed E-state index contributed by atoms with van der Waals surface area (Å²) < 4.78 is 1.37. The third kappa shape index (κ3) is 1.07. The van der Waals surface area contributed by atoms with Gasteiger partial charge >= 0.3 is 0 Å². The Morgan fingerprint density at radius 3 is 3.00 bits per heavy atom. The van der Waals surface area contributed by atoms with E-state index < -0.39 is 0 Å². The van der Waals surface area contributed by atoms with Crippen molar-refractivity contribution in [2.24, 2.45) is 0 Å². The number of fused-ring (bicyclic) bond motifs is 1. The lowest BCUT2D eigenvalue weighted by Gasteiger charge is -1.91. The van der Waals surface area contributed by atoms with Crippen LogP contribution in [0.3, 0.4) is 0 Å². The molecule has 1 N–H and O–H groups in total. The molecule has 0 spiro atoms. The van der Waals surface area contributed by atoms with Crippen molar-refractivity contribution in [2.45, 2.75) is 6.92 Å². The molecule has 2 heterocycles. The smallest absolute Gasteiger partial charge is 0.256 e. The fraction of sp³-hybridized carbons (Fsp3) is 0.111. The van der Waals surface area contributed by atoms with Crippen molar-refractivity contribution in [1.29, 1.82) is 0 Å². The first-order valence-corrected chi connectivity index (χ1v) is 3.86. The highest BCUT2D eigenvalue weighted by atomic mass is 16.3. The summed E-state index contributed by atoms with van der Waals surface area (Å²) in [4.78, 5) is 15.3. The molecule has 0 atom stereocenters. The second kappa shape index (κ2) is 2.58. The van der Waals surface area contributed by atoms with Crippen LogP contribution in [0.1, 0.15) is 6.92 Å². The predicted octanol–water partition coefficient (Wildman–Crippen LogP) is 0.0995. The van der Waals surface area contributed by atoms with Crippen LogP contribution in [-0.2, 0) is 0 Å². The number of aliphatic hydroxyl groups excluding tert-OH is 1. The van der Waals surface area contributed by atoms with Gasteiger partial charge in [0.15, 0.2) is 5.48 Å². The SMILES string of the molecule is C/C(O)=c1\ncc2cccc(=O)n12. The van der Waals surface area contributed by atoms with Crippen LogP contribution >= 0.6 is 0 Å². The molecule has 0 saturated carbocycles. The van der Waals surface area contributed by atoms with Crippen LogP contribution in [0.25, 0.3) is 11.3 Å². The fourth-order valence-electron chi connectivity index (χ4n) is 1.27. The van der Waals surface area contributed by atoms with E-state index in [9.17, 15) is 9.90 Å². The Bertz CT molecular complexity index is 552. The van der Waals surface area contributed by atoms with Gasteiger partial charge in [-0.05, 0) is 13.0 Å². The molecule has 0 saturated heterocycles. The third-order valence-electron chi connectivity index (χ3n) is 1.84. The highest BCUT2D eigenvalue weighted by Gasteiger charge is 2.00. The van der Waals surface area contributed by atoms with Crippen molar-refractivity contribution in [3.8, 4) is 0 Å². The molecule has 0 bridgehead atoms. The zero-order valence-corrected chi connectivity index (χ0v) is 7.06. The number of aromatic nitrogens is 2. The highest BCUT2D eigenvalue weighted by molar-refractivity contribution is 5.45. The van der Waals surface area contributed by atoms with Gasteiger partial charge in [-0.1, -0.05) is 6.07 Å². The molecule has 0 amide bonds. The van der Waals surface area contributed by atoms with E-state index in [1.165, 1.54) is 17.4 Å². The van der Waals surface area contributed by atoms with Gasteiger partial charge in [0.2, 0.25) is 0 Å². The van der Waals surface area contributed by atoms with E-state index in [0.29, 0.717) is 11.0 Å². The molecule has 0 aliphatic carbocycles.